The SMILES string of the molecule is [CH3-].[CH3-].[CH3-].[CH3-].[Zr+4].c1ccc2c(c1)CC[C@@H]2CCc1cccc2c1CCC2. The summed E-state index contributed by atoms with van der Waals surface area (Å²) in [6.45, 7) is 0. The quantitative estimate of drug-likeness (QED) is 0.495. The van der Waals surface area contributed by atoms with Crippen molar-refractivity contribution in [2.45, 2.75) is 50.9 Å². The Kier molecular flexibility index (Phi) is 12.6. The second-order valence-electron chi connectivity index (χ2n) is 6.38. The van der Waals surface area contributed by atoms with Crippen LogP contribution in [-0.4, -0.2) is 0 Å². The summed E-state index contributed by atoms with van der Waals surface area (Å²) < 4.78 is 0. The summed E-state index contributed by atoms with van der Waals surface area (Å²) >= 11 is 0. The molecule has 0 fully saturated rings. The zero-order valence-corrected chi connectivity index (χ0v) is 19.0. The van der Waals surface area contributed by atoms with Gasteiger partial charge in [0.05, 0.1) is 0 Å². The number of hydrogen-bond acceptors (Lipinski definition) is 0. The van der Waals surface area contributed by atoms with Crippen molar-refractivity contribution in [3.63, 3.8) is 0 Å². The van der Waals surface area contributed by atoms with Crippen LogP contribution in [0.2, 0.25) is 0 Å². The van der Waals surface area contributed by atoms with Crippen LogP contribution in [0.5, 0.6) is 0 Å². The van der Waals surface area contributed by atoms with Crippen molar-refractivity contribution in [2.75, 3.05) is 0 Å². The molecular formula is C24H34Zr. The molecule has 4 rings (SSSR count). The van der Waals surface area contributed by atoms with E-state index in [1.807, 2.05) is 0 Å². The smallest absolute Gasteiger partial charge is 0.358 e. The first-order valence-corrected chi connectivity index (χ1v) is 8.09. The monoisotopic (exact) mass is 412 g/mol. The Morgan fingerprint density at radius 2 is 1.48 bits per heavy atom. The van der Waals surface area contributed by atoms with Crippen molar-refractivity contribution >= 4 is 0 Å². The summed E-state index contributed by atoms with van der Waals surface area (Å²) in [5.41, 5.74) is 8.15. The van der Waals surface area contributed by atoms with E-state index in [1.54, 1.807) is 27.8 Å². The Labute approximate surface area is 176 Å². The summed E-state index contributed by atoms with van der Waals surface area (Å²) in [7, 11) is 0. The topological polar surface area (TPSA) is 0 Å². The van der Waals surface area contributed by atoms with Gasteiger partial charge < -0.3 is 29.7 Å². The molecule has 0 spiro atoms. The van der Waals surface area contributed by atoms with Crippen LogP contribution in [0.1, 0.15) is 53.0 Å². The molecule has 0 saturated heterocycles. The van der Waals surface area contributed by atoms with E-state index in [0.717, 1.165) is 5.92 Å². The molecular weight excluding hydrogens is 379 g/mol. The molecule has 25 heavy (non-hydrogen) atoms. The third-order valence-electron chi connectivity index (χ3n) is 5.26. The van der Waals surface area contributed by atoms with E-state index in [0.29, 0.717) is 0 Å². The molecule has 1 heteroatoms. The molecule has 0 radical (unpaired) electrons. The summed E-state index contributed by atoms with van der Waals surface area (Å²) in [4.78, 5) is 0. The summed E-state index contributed by atoms with van der Waals surface area (Å²) in [5, 5.41) is 0. The van der Waals surface area contributed by atoms with E-state index in [1.165, 1.54) is 44.9 Å². The van der Waals surface area contributed by atoms with E-state index in [9.17, 15) is 0 Å². The van der Waals surface area contributed by atoms with Gasteiger partial charge in [0.25, 0.3) is 0 Å². The minimum Gasteiger partial charge on any atom is -0.358 e. The molecule has 0 heterocycles. The van der Waals surface area contributed by atoms with Crippen LogP contribution < -0.4 is 0 Å². The van der Waals surface area contributed by atoms with Crippen LogP contribution in [-0.2, 0) is 51.9 Å². The van der Waals surface area contributed by atoms with E-state index < -0.39 is 0 Å². The molecule has 0 N–H and O–H groups in total. The molecule has 0 aliphatic heterocycles. The summed E-state index contributed by atoms with van der Waals surface area (Å²) in [5.74, 6) is 0.795. The van der Waals surface area contributed by atoms with E-state index >= 15 is 0 Å². The van der Waals surface area contributed by atoms with Crippen LogP contribution in [0.15, 0.2) is 42.5 Å². The normalized spacial score (nSPS) is 15.9. The predicted molar refractivity (Wildman–Crippen MR) is 110 cm³/mol. The molecule has 0 saturated carbocycles. The van der Waals surface area contributed by atoms with Crippen LogP contribution in [0.4, 0.5) is 0 Å². The Hall–Kier alpha value is -0.677. The van der Waals surface area contributed by atoms with E-state index in [2.05, 4.69) is 42.5 Å². The van der Waals surface area contributed by atoms with Gasteiger partial charge in [-0.1, -0.05) is 42.5 Å². The molecule has 0 amide bonds. The van der Waals surface area contributed by atoms with Crippen LogP contribution in [0.3, 0.4) is 0 Å². The molecule has 134 valence electrons. The molecule has 0 unspecified atom stereocenters. The fraction of sp³-hybridized carbons (Fsp3) is 0.333. The average Bonchev–Trinajstić information content (AvgIpc) is 3.12. The minimum absolute atomic E-state index is 0. The van der Waals surface area contributed by atoms with Crippen molar-refractivity contribution in [3.05, 3.63) is 100.0 Å². The van der Waals surface area contributed by atoms with Crippen molar-refractivity contribution in [2.24, 2.45) is 0 Å². The summed E-state index contributed by atoms with van der Waals surface area (Å²) in [6.07, 6.45) is 9.21. The predicted octanol–water partition coefficient (Wildman–Crippen LogP) is 6.64. The fourth-order valence-corrected chi connectivity index (χ4v) is 4.21. The third-order valence-corrected chi connectivity index (χ3v) is 5.26. The Morgan fingerprint density at radius 3 is 2.28 bits per heavy atom. The Morgan fingerprint density at radius 1 is 0.760 bits per heavy atom. The van der Waals surface area contributed by atoms with Crippen molar-refractivity contribution < 1.29 is 26.2 Å². The van der Waals surface area contributed by atoms with Gasteiger partial charge in [-0.3, -0.25) is 0 Å². The first-order valence-electron chi connectivity index (χ1n) is 8.09. The van der Waals surface area contributed by atoms with Gasteiger partial charge >= 0.3 is 26.2 Å². The summed E-state index contributed by atoms with van der Waals surface area (Å²) in [6, 6.07) is 16.0. The molecule has 0 bridgehead atoms. The standard InChI is InChI=1S/C20H22.4CH3.Zr/c1-2-9-19-16(5-1)11-13-18(19)14-12-17-7-3-6-15-8-4-10-20(15)17;;;;;/h1-3,5-7,9,18H,4,8,10-14H2;4*1H3;/q;4*-1;+4/t18-;;;;;/m1...../s1. The molecule has 2 aromatic carbocycles. The molecule has 2 aromatic rings. The molecule has 2 aliphatic carbocycles. The van der Waals surface area contributed by atoms with Gasteiger partial charge in [0.15, 0.2) is 0 Å². The maximum absolute atomic E-state index is 2.37. The molecule has 1 atom stereocenters. The third kappa shape index (κ3) is 5.40. The van der Waals surface area contributed by atoms with Gasteiger partial charge in [0.2, 0.25) is 0 Å². The number of fused-ring (bicyclic) bond motifs is 2. The second kappa shape index (κ2) is 11.8. The van der Waals surface area contributed by atoms with Crippen molar-refractivity contribution in [1.29, 1.82) is 0 Å². The number of rotatable bonds is 3. The minimum atomic E-state index is 0. The zero-order valence-electron chi connectivity index (χ0n) is 16.6. The first kappa shape index (κ1) is 26.6. The Balaban J connectivity index is 0. The van der Waals surface area contributed by atoms with Gasteiger partial charge in [0, 0.05) is 0 Å². The van der Waals surface area contributed by atoms with Gasteiger partial charge in [-0.25, -0.2) is 0 Å². The molecule has 0 nitrogen and oxygen atoms in total. The maximum Gasteiger partial charge on any atom is 4.00 e. The van der Waals surface area contributed by atoms with Crippen LogP contribution in [0, 0.1) is 29.7 Å². The van der Waals surface area contributed by atoms with Gasteiger partial charge in [-0.2, -0.15) is 0 Å². The van der Waals surface area contributed by atoms with Crippen LogP contribution in [0.25, 0.3) is 0 Å². The average molecular weight is 414 g/mol. The number of benzene rings is 2. The van der Waals surface area contributed by atoms with Gasteiger partial charge in [-0.05, 0) is 78.7 Å². The molecule has 0 aromatic heterocycles. The first-order chi connectivity index (χ1) is 9.92. The largest absolute Gasteiger partial charge is 4.00 e. The Bertz CT molecular complexity index is 630. The van der Waals surface area contributed by atoms with E-state index in [4.69, 9.17) is 0 Å². The van der Waals surface area contributed by atoms with Crippen molar-refractivity contribution in [1.82, 2.24) is 0 Å². The number of hydrogen-bond donors (Lipinski definition) is 0. The number of aryl methyl sites for hydroxylation is 3. The van der Waals surface area contributed by atoms with Crippen molar-refractivity contribution in [3.8, 4) is 0 Å². The second-order valence-corrected chi connectivity index (χ2v) is 6.38. The van der Waals surface area contributed by atoms with E-state index in [-0.39, 0.29) is 55.9 Å². The van der Waals surface area contributed by atoms with Gasteiger partial charge in [0.1, 0.15) is 0 Å². The van der Waals surface area contributed by atoms with Crippen LogP contribution >= 0.6 is 0 Å². The molecule has 2 aliphatic rings. The zero-order chi connectivity index (χ0) is 13.4. The fourth-order valence-electron chi connectivity index (χ4n) is 4.21. The maximum atomic E-state index is 2.37. The van der Waals surface area contributed by atoms with Gasteiger partial charge in [-0.15, -0.1) is 0 Å².